The fourth-order valence-electron chi connectivity index (χ4n) is 1.48. The molecule has 0 aromatic heterocycles. The normalized spacial score (nSPS) is 9.56. The van der Waals surface area contributed by atoms with Gasteiger partial charge in [-0.05, 0) is 44.0 Å². The van der Waals surface area contributed by atoms with Crippen molar-refractivity contribution in [2.45, 2.75) is 26.7 Å². The van der Waals surface area contributed by atoms with E-state index in [4.69, 9.17) is 10.00 Å². The van der Waals surface area contributed by atoms with Gasteiger partial charge in [0, 0.05) is 18.7 Å². The van der Waals surface area contributed by atoms with E-state index in [2.05, 4.69) is 17.5 Å². The standard InChI is InChI=1S/C13H18N2O/c1-3-16-13-7-6-12(10-11(13)2)15-9-5-4-8-14/h6-7,10,15H,3-5,9H2,1-2H3. The molecular weight excluding hydrogens is 200 g/mol. The SMILES string of the molecule is CCOc1ccc(NCCCC#N)cc1C. The Kier molecular flexibility index (Phi) is 5.21. The fourth-order valence-corrected chi connectivity index (χ4v) is 1.48. The van der Waals surface area contributed by atoms with Gasteiger partial charge < -0.3 is 10.1 Å². The molecule has 0 aliphatic rings. The zero-order chi connectivity index (χ0) is 11.8. The van der Waals surface area contributed by atoms with Gasteiger partial charge in [-0.3, -0.25) is 0 Å². The van der Waals surface area contributed by atoms with Crippen LogP contribution in [-0.2, 0) is 0 Å². The molecule has 86 valence electrons. The summed E-state index contributed by atoms with van der Waals surface area (Å²) in [5.41, 5.74) is 2.21. The van der Waals surface area contributed by atoms with Crippen LogP contribution in [-0.4, -0.2) is 13.2 Å². The molecule has 0 saturated carbocycles. The number of aryl methyl sites for hydroxylation is 1. The quantitative estimate of drug-likeness (QED) is 0.746. The second-order valence-electron chi connectivity index (χ2n) is 3.60. The molecule has 3 nitrogen and oxygen atoms in total. The minimum Gasteiger partial charge on any atom is -0.494 e. The zero-order valence-corrected chi connectivity index (χ0v) is 9.92. The molecule has 0 atom stereocenters. The third kappa shape index (κ3) is 3.82. The van der Waals surface area contributed by atoms with E-state index in [0.717, 1.165) is 30.0 Å². The van der Waals surface area contributed by atoms with Gasteiger partial charge in [0.15, 0.2) is 0 Å². The van der Waals surface area contributed by atoms with Gasteiger partial charge >= 0.3 is 0 Å². The number of hydrogen-bond acceptors (Lipinski definition) is 3. The number of hydrogen-bond donors (Lipinski definition) is 1. The van der Waals surface area contributed by atoms with Crippen LogP contribution in [0.1, 0.15) is 25.3 Å². The lowest BCUT2D eigenvalue weighted by molar-refractivity contribution is 0.338. The topological polar surface area (TPSA) is 45.0 Å². The molecule has 0 fully saturated rings. The molecule has 1 rings (SSSR count). The third-order valence-corrected chi connectivity index (χ3v) is 2.27. The Labute approximate surface area is 97.0 Å². The van der Waals surface area contributed by atoms with Crippen LogP contribution in [0.25, 0.3) is 0 Å². The Morgan fingerprint density at radius 3 is 2.88 bits per heavy atom. The molecule has 0 heterocycles. The predicted molar refractivity (Wildman–Crippen MR) is 65.7 cm³/mol. The first-order chi connectivity index (χ1) is 7.77. The number of unbranched alkanes of at least 4 members (excludes halogenated alkanes) is 1. The molecule has 1 N–H and O–H groups in total. The van der Waals surface area contributed by atoms with Crippen LogP contribution < -0.4 is 10.1 Å². The molecule has 1 aromatic rings. The van der Waals surface area contributed by atoms with Crippen molar-refractivity contribution < 1.29 is 4.74 Å². The molecule has 0 saturated heterocycles. The number of rotatable bonds is 6. The van der Waals surface area contributed by atoms with E-state index in [9.17, 15) is 0 Å². The first-order valence-electron chi connectivity index (χ1n) is 5.62. The first-order valence-corrected chi connectivity index (χ1v) is 5.62. The summed E-state index contributed by atoms with van der Waals surface area (Å²) in [6.45, 7) is 5.54. The third-order valence-electron chi connectivity index (χ3n) is 2.27. The van der Waals surface area contributed by atoms with Crippen molar-refractivity contribution in [1.82, 2.24) is 0 Å². The largest absolute Gasteiger partial charge is 0.494 e. The molecule has 0 unspecified atom stereocenters. The van der Waals surface area contributed by atoms with Crippen molar-refractivity contribution in [3.8, 4) is 11.8 Å². The predicted octanol–water partition coefficient (Wildman–Crippen LogP) is 3.11. The van der Waals surface area contributed by atoms with Crippen molar-refractivity contribution in [2.75, 3.05) is 18.5 Å². The average Bonchev–Trinajstić information content (AvgIpc) is 2.28. The molecule has 16 heavy (non-hydrogen) atoms. The fraction of sp³-hybridized carbons (Fsp3) is 0.462. The number of nitrogens with zero attached hydrogens (tertiary/aromatic N) is 1. The summed E-state index contributed by atoms with van der Waals surface area (Å²) in [6, 6.07) is 8.18. The van der Waals surface area contributed by atoms with Crippen LogP contribution in [0.5, 0.6) is 5.75 Å². The number of anilines is 1. The summed E-state index contributed by atoms with van der Waals surface area (Å²) in [5, 5.41) is 11.7. The van der Waals surface area contributed by atoms with Gasteiger partial charge in [0.25, 0.3) is 0 Å². The van der Waals surface area contributed by atoms with Crippen molar-refractivity contribution >= 4 is 5.69 Å². The van der Waals surface area contributed by atoms with E-state index in [1.165, 1.54) is 0 Å². The van der Waals surface area contributed by atoms with Crippen molar-refractivity contribution in [1.29, 1.82) is 5.26 Å². The molecular formula is C13H18N2O. The number of nitrogens with one attached hydrogen (secondary N) is 1. The molecule has 0 spiro atoms. The summed E-state index contributed by atoms with van der Waals surface area (Å²) in [7, 11) is 0. The van der Waals surface area contributed by atoms with Gasteiger partial charge in [-0.25, -0.2) is 0 Å². The lowest BCUT2D eigenvalue weighted by Crippen LogP contribution is -2.02. The van der Waals surface area contributed by atoms with Crippen LogP contribution in [0, 0.1) is 18.3 Å². The Balaban J connectivity index is 2.50. The maximum atomic E-state index is 8.41. The van der Waals surface area contributed by atoms with Crippen molar-refractivity contribution in [3.63, 3.8) is 0 Å². The first kappa shape index (κ1) is 12.4. The second-order valence-corrected chi connectivity index (χ2v) is 3.60. The summed E-state index contributed by atoms with van der Waals surface area (Å²) in [6.07, 6.45) is 1.48. The van der Waals surface area contributed by atoms with E-state index in [0.29, 0.717) is 13.0 Å². The Morgan fingerprint density at radius 1 is 1.44 bits per heavy atom. The molecule has 0 amide bonds. The molecule has 3 heteroatoms. The van der Waals surface area contributed by atoms with E-state index < -0.39 is 0 Å². The summed E-state index contributed by atoms with van der Waals surface area (Å²) in [4.78, 5) is 0. The van der Waals surface area contributed by atoms with Gasteiger partial charge in [-0.1, -0.05) is 0 Å². The summed E-state index contributed by atoms with van der Waals surface area (Å²) < 4.78 is 5.46. The maximum Gasteiger partial charge on any atom is 0.122 e. The van der Waals surface area contributed by atoms with Crippen molar-refractivity contribution in [2.24, 2.45) is 0 Å². The Bertz CT molecular complexity index is 369. The van der Waals surface area contributed by atoms with Crippen LogP contribution in [0.2, 0.25) is 0 Å². The smallest absolute Gasteiger partial charge is 0.122 e. The average molecular weight is 218 g/mol. The molecule has 0 bridgehead atoms. The zero-order valence-electron chi connectivity index (χ0n) is 9.92. The minimum absolute atomic E-state index is 0.600. The highest BCUT2D eigenvalue weighted by molar-refractivity contribution is 5.50. The van der Waals surface area contributed by atoms with E-state index in [-0.39, 0.29) is 0 Å². The minimum atomic E-state index is 0.600. The highest BCUT2D eigenvalue weighted by atomic mass is 16.5. The van der Waals surface area contributed by atoms with Gasteiger partial charge in [-0.15, -0.1) is 0 Å². The monoisotopic (exact) mass is 218 g/mol. The highest BCUT2D eigenvalue weighted by Gasteiger charge is 1.99. The maximum absolute atomic E-state index is 8.41. The Morgan fingerprint density at radius 2 is 2.25 bits per heavy atom. The lowest BCUT2D eigenvalue weighted by atomic mass is 10.2. The summed E-state index contributed by atoms with van der Waals surface area (Å²) >= 11 is 0. The van der Waals surface area contributed by atoms with Crippen molar-refractivity contribution in [3.05, 3.63) is 23.8 Å². The molecule has 0 radical (unpaired) electrons. The van der Waals surface area contributed by atoms with Crippen LogP contribution in [0.4, 0.5) is 5.69 Å². The Hall–Kier alpha value is -1.69. The second kappa shape index (κ2) is 6.73. The summed E-state index contributed by atoms with van der Waals surface area (Å²) in [5.74, 6) is 0.935. The van der Waals surface area contributed by atoms with Crippen LogP contribution in [0.3, 0.4) is 0 Å². The van der Waals surface area contributed by atoms with E-state index in [1.807, 2.05) is 26.0 Å². The molecule has 1 aromatic carbocycles. The number of benzene rings is 1. The van der Waals surface area contributed by atoms with E-state index >= 15 is 0 Å². The van der Waals surface area contributed by atoms with Gasteiger partial charge in [-0.2, -0.15) is 5.26 Å². The van der Waals surface area contributed by atoms with Crippen LogP contribution >= 0.6 is 0 Å². The van der Waals surface area contributed by atoms with Gasteiger partial charge in [0.2, 0.25) is 0 Å². The molecule has 0 aliphatic heterocycles. The number of ether oxygens (including phenoxy) is 1. The van der Waals surface area contributed by atoms with Gasteiger partial charge in [0.05, 0.1) is 12.7 Å². The van der Waals surface area contributed by atoms with Gasteiger partial charge in [0.1, 0.15) is 5.75 Å². The molecule has 0 aliphatic carbocycles. The van der Waals surface area contributed by atoms with Crippen LogP contribution in [0.15, 0.2) is 18.2 Å². The lowest BCUT2D eigenvalue weighted by Gasteiger charge is -2.10. The highest BCUT2D eigenvalue weighted by Crippen LogP contribution is 2.21. The van der Waals surface area contributed by atoms with E-state index in [1.54, 1.807) is 0 Å². The number of nitriles is 1.